The van der Waals surface area contributed by atoms with E-state index >= 15 is 0 Å². The van der Waals surface area contributed by atoms with Crippen molar-refractivity contribution in [2.75, 3.05) is 7.11 Å². The Labute approximate surface area is 163 Å². The number of imidazole rings is 1. The normalized spacial score (nSPS) is 10.9. The second-order valence-electron chi connectivity index (χ2n) is 7.01. The quantitative estimate of drug-likeness (QED) is 0.448. The molecule has 0 saturated carbocycles. The van der Waals surface area contributed by atoms with E-state index in [1.807, 2.05) is 18.5 Å². The van der Waals surface area contributed by atoms with Crippen LogP contribution >= 0.6 is 0 Å². The fraction of sp³-hybridized carbons (Fsp3) is 0.375. The Morgan fingerprint density at radius 2 is 1.70 bits per heavy atom. The van der Waals surface area contributed by atoms with Gasteiger partial charge in [-0.3, -0.25) is 0 Å². The van der Waals surface area contributed by atoms with E-state index < -0.39 is 0 Å². The van der Waals surface area contributed by atoms with Crippen LogP contribution in [0.3, 0.4) is 0 Å². The molecule has 0 aliphatic rings. The molecule has 3 aromatic rings. The van der Waals surface area contributed by atoms with Crippen LogP contribution in [0.2, 0.25) is 0 Å². The number of hydrogen-bond donors (Lipinski definition) is 0. The molecule has 0 atom stereocenters. The molecule has 0 unspecified atom stereocenters. The third kappa shape index (κ3) is 5.22. The van der Waals surface area contributed by atoms with Gasteiger partial charge in [0.25, 0.3) is 0 Å². The van der Waals surface area contributed by atoms with Crippen molar-refractivity contribution in [2.45, 2.75) is 52.0 Å². The van der Waals surface area contributed by atoms with Crippen LogP contribution in [0.15, 0.2) is 60.9 Å². The monoisotopic (exact) mass is 362 g/mol. The standard InChI is InChI=1S/C24H30N2O/c1-3-4-6-14-23-22(18-20-11-7-5-8-12-20)25-19-26(23)17-16-21-13-9-10-15-24(21)27-2/h5,7-13,15,19H,3-4,6,14,16-18H2,1-2H3. The summed E-state index contributed by atoms with van der Waals surface area (Å²) in [6.07, 6.45) is 8.71. The second-order valence-corrected chi connectivity index (χ2v) is 7.01. The Morgan fingerprint density at radius 3 is 2.48 bits per heavy atom. The van der Waals surface area contributed by atoms with E-state index in [0.717, 1.165) is 31.6 Å². The molecule has 3 rings (SSSR count). The summed E-state index contributed by atoms with van der Waals surface area (Å²) >= 11 is 0. The summed E-state index contributed by atoms with van der Waals surface area (Å²) in [6, 6.07) is 18.9. The smallest absolute Gasteiger partial charge is 0.122 e. The second kappa shape index (κ2) is 9.96. The van der Waals surface area contributed by atoms with E-state index in [4.69, 9.17) is 9.72 Å². The molecule has 0 spiro atoms. The highest BCUT2D eigenvalue weighted by Gasteiger charge is 2.12. The number of aryl methyl sites for hydroxylation is 2. The highest BCUT2D eigenvalue weighted by Crippen LogP contribution is 2.21. The van der Waals surface area contributed by atoms with Gasteiger partial charge in [0.15, 0.2) is 0 Å². The first-order chi connectivity index (χ1) is 13.3. The lowest BCUT2D eigenvalue weighted by Gasteiger charge is -2.12. The van der Waals surface area contributed by atoms with E-state index in [9.17, 15) is 0 Å². The third-order valence-corrected chi connectivity index (χ3v) is 5.08. The summed E-state index contributed by atoms with van der Waals surface area (Å²) < 4.78 is 7.85. The van der Waals surface area contributed by atoms with Gasteiger partial charge in [-0.15, -0.1) is 0 Å². The highest BCUT2D eigenvalue weighted by molar-refractivity contribution is 5.33. The number of methoxy groups -OCH3 is 1. The van der Waals surface area contributed by atoms with Crippen LogP contribution < -0.4 is 4.74 Å². The first kappa shape index (κ1) is 19.2. The van der Waals surface area contributed by atoms with Crippen molar-refractivity contribution in [3.8, 4) is 5.75 Å². The molecule has 2 aromatic carbocycles. The zero-order chi connectivity index (χ0) is 18.9. The molecule has 1 aromatic heterocycles. The van der Waals surface area contributed by atoms with Gasteiger partial charge in [0.05, 0.1) is 19.1 Å². The number of ether oxygens (including phenoxy) is 1. The van der Waals surface area contributed by atoms with Gasteiger partial charge in [-0.2, -0.15) is 0 Å². The largest absolute Gasteiger partial charge is 0.496 e. The van der Waals surface area contributed by atoms with Crippen LogP contribution in [0.4, 0.5) is 0 Å². The summed E-state index contributed by atoms with van der Waals surface area (Å²) in [7, 11) is 1.74. The van der Waals surface area contributed by atoms with Crippen LogP contribution in [0, 0.1) is 0 Å². The van der Waals surface area contributed by atoms with Crippen molar-refractivity contribution < 1.29 is 4.74 Å². The first-order valence-corrected chi connectivity index (χ1v) is 10.0. The molecule has 0 fully saturated rings. The molecule has 0 aliphatic heterocycles. The molecule has 0 amide bonds. The maximum Gasteiger partial charge on any atom is 0.122 e. The SMILES string of the molecule is CCCCCc1c(Cc2ccccc2)ncn1CCc1ccccc1OC. The average molecular weight is 363 g/mol. The fourth-order valence-corrected chi connectivity index (χ4v) is 3.56. The van der Waals surface area contributed by atoms with Gasteiger partial charge < -0.3 is 9.30 Å². The van der Waals surface area contributed by atoms with Gasteiger partial charge in [0.1, 0.15) is 5.75 Å². The van der Waals surface area contributed by atoms with E-state index in [2.05, 4.69) is 54.0 Å². The topological polar surface area (TPSA) is 27.1 Å². The predicted molar refractivity (Wildman–Crippen MR) is 111 cm³/mol. The molecular formula is C24H30N2O. The Hall–Kier alpha value is -2.55. The van der Waals surface area contributed by atoms with Crippen LogP contribution in [0.25, 0.3) is 0 Å². The lowest BCUT2D eigenvalue weighted by atomic mass is 10.0. The van der Waals surface area contributed by atoms with Crippen molar-refractivity contribution in [2.24, 2.45) is 0 Å². The van der Waals surface area contributed by atoms with Crippen molar-refractivity contribution >= 4 is 0 Å². The number of rotatable bonds is 10. The fourth-order valence-electron chi connectivity index (χ4n) is 3.56. The number of hydrogen-bond acceptors (Lipinski definition) is 2. The summed E-state index contributed by atoms with van der Waals surface area (Å²) in [4.78, 5) is 4.78. The number of aromatic nitrogens is 2. The number of para-hydroxylation sites is 1. The van der Waals surface area contributed by atoms with Crippen molar-refractivity contribution in [1.82, 2.24) is 9.55 Å². The Bertz CT molecular complexity index is 823. The molecule has 142 valence electrons. The zero-order valence-corrected chi connectivity index (χ0v) is 16.5. The van der Waals surface area contributed by atoms with Gasteiger partial charge >= 0.3 is 0 Å². The van der Waals surface area contributed by atoms with Crippen LogP contribution in [0.1, 0.15) is 48.7 Å². The summed E-state index contributed by atoms with van der Waals surface area (Å²) in [5.74, 6) is 0.967. The molecule has 3 nitrogen and oxygen atoms in total. The minimum absolute atomic E-state index is 0.907. The summed E-state index contributed by atoms with van der Waals surface area (Å²) in [6.45, 7) is 3.19. The molecule has 27 heavy (non-hydrogen) atoms. The molecule has 0 saturated heterocycles. The van der Waals surface area contributed by atoms with Gasteiger partial charge in [-0.1, -0.05) is 68.3 Å². The average Bonchev–Trinajstić information content (AvgIpc) is 3.09. The number of benzene rings is 2. The molecule has 1 heterocycles. The summed E-state index contributed by atoms with van der Waals surface area (Å²) in [5.41, 5.74) is 5.18. The number of unbranched alkanes of at least 4 members (excludes halogenated alkanes) is 2. The maximum absolute atomic E-state index is 5.50. The van der Waals surface area contributed by atoms with Crippen LogP contribution in [-0.2, 0) is 25.8 Å². The maximum atomic E-state index is 5.50. The molecule has 0 radical (unpaired) electrons. The van der Waals surface area contributed by atoms with Gasteiger partial charge in [-0.25, -0.2) is 4.98 Å². The van der Waals surface area contributed by atoms with Crippen LogP contribution in [0.5, 0.6) is 5.75 Å². The van der Waals surface area contributed by atoms with E-state index in [1.165, 1.54) is 41.8 Å². The minimum atomic E-state index is 0.907. The Kier molecular flexibility index (Phi) is 7.09. The molecule has 0 N–H and O–H groups in total. The molecule has 0 bridgehead atoms. The minimum Gasteiger partial charge on any atom is -0.496 e. The lowest BCUT2D eigenvalue weighted by Crippen LogP contribution is -2.07. The van der Waals surface area contributed by atoms with E-state index in [1.54, 1.807) is 7.11 Å². The third-order valence-electron chi connectivity index (χ3n) is 5.08. The molecule has 3 heteroatoms. The van der Waals surface area contributed by atoms with Crippen molar-refractivity contribution in [3.63, 3.8) is 0 Å². The number of nitrogens with zero attached hydrogens (tertiary/aromatic N) is 2. The first-order valence-electron chi connectivity index (χ1n) is 10.0. The van der Waals surface area contributed by atoms with Gasteiger partial charge in [0, 0.05) is 18.7 Å². The summed E-state index contributed by atoms with van der Waals surface area (Å²) in [5, 5.41) is 0. The zero-order valence-electron chi connectivity index (χ0n) is 16.5. The van der Waals surface area contributed by atoms with Gasteiger partial charge in [-0.05, 0) is 36.5 Å². The van der Waals surface area contributed by atoms with Gasteiger partial charge in [0.2, 0.25) is 0 Å². The predicted octanol–water partition coefficient (Wildman–Crippen LogP) is 5.46. The van der Waals surface area contributed by atoms with E-state index in [-0.39, 0.29) is 0 Å². The van der Waals surface area contributed by atoms with Crippen LogP contribution in [-0.4, -0.2) is 16.7 Å². The van der Waals surface area contributed by atoms with E-state index in [0.29, 0.717) is 0 Å². The Balaban J connectivity index is 1.77. The molecule has 0 aliphatic carbocycles. The highest BCUT2D eigenvalue weighted by atomic mass is 16.5. The van der Waals surface area contributed by atoms with Crippen molar-refractivity contribution in [3.05, 3.63) is 83.4 Å². The van der Waals surface area contributed by atoms with Crippen molar-refractivity contribution in [1.29, 1.82) is 0 Å². The lowest BCUT2D eigenvalue weighted by molar-refractivity contribution is 0.408. The molecular weight excluding hydrogens is 332 g/mol. The Morgan fingerprint density at radius 1 is 0.926 bits per heavy atom.